The van der Waals surface area contributed by atoms with Gasteiger partial charge in [0.25, 0.3) is 0 Å². The van der Waals surface area contributed by atoms with Crippen molar-refractivity contribution in [2.75, 3.05) is 0 Å². The number of carbonyl (C=O) groups is 1. The molecule has 0 amide bonds. The van der Waals surface area contributed by atoms with Crippen molar-refractivity contribution in [3.63, 3.8) is 0 Å². The molecule has 0 aliphatic rings. The summed E-state index contributed by atoms with van der Waals surface area (Å²) >= 11 is 0. The number of carboxylic acid groups (broad SMARTS) is 1. The first-order valence-electron chi connectivity index (χ1n) is 4.28. The van der Waals surface area contributed by atoms with Crippen molar-refractivity contribution in [3.05, 3.63) is 36.0 Å². The maximum absolute atomic E-state index is 10.8. The first kappa shape index (κ1) is 9.39. The second-order valence-electron chi connectivity index (χ2n) is 3.04. The summed E-state index contributed by atoms with van der Waals surface area (Å²) in [5.41, 5.74) is 1.22. The third-order valence-corrected chi connectivity index (χ3v) is 1.95. The first-order chi connectivity index (χ1) is 7.18. The summed E-state index contributed by atoms with van der Waals surface area (Å²) in [6.45, 7) is 1.66. The predicted octanol–water partition coefficient (Wildman–Crippen LogP) is 1.74. The Morgan fingerprint density at radius 3 is 2.93 bits per heavy atom. The molecule has 2 aromatic rings. The van der Waals surface area contributed by atoms with Crippen molar-refractivity contribution in [2.24, 2.45) is 0 Å². The van der Waals surface area contributed by atoms with Crippen molar-refractivity contribution in [2.45, 2.75) is 6.92 Å². The lowest BCUT2D eigenvalue weighted by atomic mass is 10.2. The summed E-state index contributed by atoms with van der Waals surface area (Å²) < 4.78 is 4.87. The molecule has 0 aromatic carbocycles. The summed E-state index contributed by atoms with van der Waals surface area (Å²) in [6.07, 6.45) is 4.44. The largest absolute Gasteiger partial charge is 0.477 e. The van der Waals surface area contributed by atoms with Gasteiger partial charge >= 0.3 is 5.97 Å². The molecule has 1 N–H and O–H groups in total. The number of hydrogen-bond donors (Lipinski definition) is 1. The number of hydrogen-bond acceptors (Lipinski definition) is 4. The SMILES string of the molecule is Cc1cnc(-c2ccoc2)nc1C(=O)O. The molecule has 0 radical (unpaired) electrons. The lowest BCUT2D eigenvalue weighted by Crippen LogP contribution is -2.05. The van der Waals surface area contributed by atoms with Gasteiger partial charge in [-0.05, 0) is 13.0 Å². The minimum Gasteiger partial charge on any atom is -0.477 e. The molecule has 2 aromatic heterocycles. The average molecular weight is 204 g/mol. The molecule has 0 fully saturated rings. The fraction of sp³-hybridized carbons (Fsp3) is 0.100. The second-order valence-corrected chi connectivity index (χ2v) is 3.04. The Labute approximate surface area is 85.4 Å². The van der Waals surface area contributed by atoms with E-state index >= 15 is 0 Å². The molecule has 0 aliphatic carbocycles. The van der Waals surface area contributed by atoms with Crippen LogP contribution in [0.4, 0.5) is 0 Å². The van der Waals surface area contributed by atoms with E-state index < -0.39 is 5.97 Å². The van der Waals surface area contributed by atoms with Crippen molar-refractivity contribution >= 4 is 5.97 Å². The smallest absolute Gasteiger partial charge is 0.354 e. The highest BCUT2D eigenvalue weighted by Gasteiger charge is 2.12. The van der Waals surface area contributed by atoms with E-state index in [0.29, 0.717) is 17.0 Å². The van der Waals surface area contributed by atoms with Crippen LogP contribution >= 0.6 is 0 Å². The van der Waals surface area contributed by atoms with E-state index in [1.165, 1.54) is 18.7 Å². The standard InChI is InChI=1S/C10H8N2O3/c1-6-4-11-9(7-2-3-15-5-7)12-8(6)10(13)14/h2-5H,1H3,(H,13,14). The lowest BCUT2D eigenvalue weighted by Gasteiger charge is -2.01. The van der Waals surface area contributed by atoms with E-state index in [-0.39, 0.29) is 5.69 Å². The number of nitrogens with zero attached hydrogens (tertiary/aromatic N) is 2. The zero-order chi connectivity index (χ0) is 10.8. The Bertz CT molecular complexity index is 491. The van der Waals surface area contributed by atoms with Gasteiger partial charge in [-0.1, -0.05) is 0 Å². The molecule has 0 spiro atoms. The van der Waals surface area contributed by atoms with Gasteiger partial charge in [0.05, 0.1) is 11.8 Å². The summed E-state index contributed by atoms with van der Waals surface area (Å²) in [6, 6.07) is 1.68. The van der Waals surface area contributed by atoms with Gasteiger partial charge in [0.1, 0.15) is 6.26 Å². The molecule has 2 rings (SSSR count). The van der Waals surface area contributed by atoms with Gasteiger partial charge in [0, 0.05) is 11.8 Å². The number of carboxylic acids is 1. The highest BCUT2D eigenvalue weighted by Crippen LogP contribution is 2.16. The van der Waals surface area contributed by atoms with Crippen molar-refractivity contribution < 1.29 is 14.3 Å². The quantitative estimate of drug-likeness (QED) is 0.806. The molecule has 0 saturated carbocycles. The lowest BCUT2D eigenvalue weighted by molar-refractivity contribution is 0.0689. The Balaban J connectivity index is 2.52. The van der Waals surface area contributed by atoms with Crippen LogP contribution in [-0.4, -0.2) is 21.0 Å². The van der Waals surface area contributed by atoms with E-state index in [4.69, 9.17) is 9.52 Å². The van der Waals surface area contributed by atoms with Crippen LogP contribution in [0.5, 0.6) is 0 Å². The molecular weight excluding hydrogens is 196 g/mol. The van der Waals surface area contributed by atoms with Crippen molar-refractivity contribution in [3.8, 4) is 11.4 Å². The van der Waals surface area contributed by atoms with Crippen LogP contribution in [0.2, 0.25) is 0 Å². The summed E-state index contributed by atoms with van der Waals surface area (Å²) in [5, 5.41) is 8.87. The third-order valence-electron chi connectivity index (χ3n) is 1.95. The number of rotatable bonds is 2. The molecule has 0 bridgehead atoms. The molecule has 5 nitrogen and oxygen atoms in total. The van der Waals surface area contributed by atoms with Crippen LogP contribution < -0.4 is 0 Å². The number of aromatic carboxylic acids is 1. The van der Waals surface area contributed by atoms with Gasteiger partial charge in [-0.15, -0.1) is 0 Å². The van der Waals surface area contributed by atoms with Gasteiger partial charge in [-0.25, -0.2) is 14.8 Å². The van der Waals surface area contributed by atoms with Crippen LogP contribution in [-0.2, 0) is 0 Å². The van der Waals surface area contributed by atoms with Crippen LogP contribution in [0.1, 0.15) is 16.1 Å². The molecule has 2 heterocycles. The summed E-state index contributed by atoms with van der Waals surface area (Å²) in [5.74, 6) is -0.702. The molecule has 0 saturated heterocycles. The fourth-order valence-electron chi connectivity index (χ4n) is 1.19. The van der Waals surface area contributed by atoms with E-state index in [1.807, 2.05) is 0 Å². The number of furan rings is 1. The molecule has 15 heavy (non-hydrogen) atoms. The summed E-state index contributed by atoms with van der Waals surface area (Å²) in [7, 11) is 0. The van der Waals surface area contributed by atoms with Crippen molar-refractivity contribution in [1.29, 1.82) is 0 Å². The predicted molar refractivity (Wildman–Crippen MR) is 51.4 cm³/mol. The monoisotopic (exact) mass is 204 g/mol. The second kappa shape index (κ2) is 3.53. The van der Waals surface area contributed by atoms with Crippen LogP contribution in [0.25, 0.3) is 11.4 Å². The maximum Gasteiger partial charge on any atom is 0.354 e. The van der Waals surface area contributed by atoms with Crippen molar-refractivity contribution in [1.82, 2.24) is 9.97 Å². The maximum atomic E-state index is 10.8. The van der Waals surface area contributed by atoms with E-state index in [0.717, 1.165) is 0 Å². The van der Waals surface area contributed by atoms with Gasteiger partial charge in [-0.3, -0.25) is 0 Å². The normalized spacial score (nSPS) is 10.2. The van der Waals surface area contributed by atoms with Gasteiger partial charge in [0.15, 0.2) is 11.5 Å². The Morgan fingerprint density at radius 1 is 1.53 bits per heavy atom. The topological polar surface area (TPSA) is 76.2 Å². The van der Waals surface area contributed by atoms with Gasteiger partial charge in [0.2, 0.25) is 0 Å². The third kappa shape index (κ3) is 1.71. The Hall–Kier alpha value is -2.17. The van der Waals surface area contributed by atoms with Gasteiger partial charge in [-0.2, -0.15) is 0 Å². The first-order valence-corrected chi connectivity index (χ1v) is 4.28. The zero-order valence-corrected chi connectivity index (χ0v) is 7.97. The fourth-order valence-corrected chi connectivity index (χ4v) is 1.19. The van der Waals surface area contributed by atoms with Crippen LogP contribution in [0.15, 0.2) is 29.2 Å². The summed E-state index contributed by atoms with van der Waals surface area (Å²) in [4.78, 5) is 18.8. The molecule has 0 unspecified atom stereocenters. The van der Waals surface area contributed by atoms with Crippen LogP contribution in [0, 0.1) is 6.92 Å². The highest BCUT2D eigenvalue weighted by molar-refractivity contribution is 5.87. The minimum absolute atomic E-state index is 0.0150. The van der Waals surface area contributed by atoms with E-state index in [9.17, 15) is 4.79 Å². The molecule has 76 valence electrons. The molecule has 0 aliphatic heterocycles. The van der Waals surface area contributed by atoms with Gasteiger partial charge < -0.3 is 9.52 Å². The minimum atomic E-state index is -1.06. The molecular formula is C10H8N2O3. The number of aryl methyl sites for hydroxylation is 1. The molecule has 0 atom stereocenters. The van der Waals surface area contributed by atoms with E-state index in [2.05, 4.69) is 9.97 Å². The molecule has 5 heteroatoms. The van der Waals surface area contributed by atoms with E-state index in [1.54, 1.807) is 13.0 Å². The van der Waals surface area contributed by atoms with Crippen LogP contribution in [0.3, 0.4) is 0 Å². The Kier molecular flexibility index (Phi) is 2.21. The number of aromatic nitrogens is 2. The Morgan fingerprint density at radius 2 is 2.33 bits per heavy atom. The highest BCUT2D eigenvalue weighted by atomic mass is 16.4. The zero-order valence-electron chi connectivity index (χ0n) is 7.97. The average Bonchev–Trinajstić information content (AvgIpc) is 2.71.